The third-order valence-electron chi connectivity index (χ3n) is 6.41. The van der Waals surface area contributed by atoms with Gasteiger partial charge < -0.3 is 15.3 Å². The van der Waals surface area contributed by atoms with Crippen molar-refractivity contribution in [1.29, 1.82) is 0 Å². The molecule has 0 aliphatic carbocycles. The summed E-state index contributed by atoms with van der Waals surface area (Å²) in [7, 11) is -3.90. The molecule has 1 atom stereocenters. The van der Waals surface area contributed by atoms with Crippen LogP contribution in [0.4, 0.5) is 0 Å². The zero-order chi connectivity index (χ0) is 25.1. The van der Waals surface area contributed by atoms with Gasteiger partial charge in [-0.1, -0.05) is 54.1 Å². The van der Waals surface area contributed by atoms with E-state index in [4.69, 9.17) is 0 Å². The lowest BCUT2D eigenvalue weighted by Gasteiger charge is -2.19. The van der Waals surface area contributed by atoms with Gasteiger partial charge in [0, 0.05) is 40.7 Å². The highest BCUT2D eigenvalue weighted by atomic mass is 32.2. The predicted octanol–water partition coefficient (Wildman–Crippen LogP) is 4.21. The number of sulfonamides is 1. The number of hydrogen-bond donors (Lipinski definition) is 4. The predicted molar refractivity (Wildman–Crippen MR) is 142 cm³/mol. The maximum atomic E-state index is 13.3. The smallest absolute Gasteiger partial charge is 0.241 e. The highest BCUT2D eigenvalue weighted by Gasteiger charge is 2.27. The van der Waals surface area contributed by atoms with E-state index in [0.717, 1.165) is 38.5 Å². The van der Waals surface area contributed by atoms with Crippen LogP contribution in [0.5, 0.6) is 0 Å². The summed E-state index contributed by atoms with van der Waals surface area (Å²) in [5.74, 6) is -0.365. The van der Waals surface area contributed by atoms with Crippen LogP contribution in [0.25, 0.3) is 21.8 Å². The van der Waals surface area contributed by atoms with Crippen LogP contribution in [0.15, 0.2) is 90.1 Å². The van der Waals surface area contributed by atoms with Gasteiger partial charge in [0.05, 0.1) is 4.90 Å². The fourth-order valence-electron chi connectivity index (χ4n) is 4.46. The number of para-hydroxylation sites is 2. The SMILES string of the molecule is Cc1ccc(S(=O)(=O)N[C@@H](Cc2c[nH]c3ccccc23)C(=O)NCCc2c[nH]c3ccccc23)cc1. The molecule has 0 spiro atoms. The van der Waals surface area contributed by atoms with Crippen molar-refractivity contribution in [2.24, 2.45) is 0 Å². The molecule has 2 heterocycles. The first-order chi connectivity index (χ1) is 17.4. The van der Waals surface area contributed by atoms with E-state index < -0.39 is 16.1 Å². The second-order valence-corrected chi connectivity index (χ2v) is 10.7. The zero-order valence-corrected chi connectivity index (χ0v) is 20.7. The molecule has 36 heavy (non-hydrogen) atoms. The summed E-state index contributed by atoms with van der Waals surface area (Å²) in [6.07, 6.45) is 4.62. The van der Waals surface area contributed by atoms with Crippen LogP contribution < -0.4 is 10.0 Å². The lowest BCUT2D eigenvalue weighted by Crippen LogP contribution is -2.48. The second-order valence-electron chi connectivity index (χ2n) is 8.95. The highest BCUT2D eigenvalue weighted by Crippen LogP contribution is 2.21. The van der Waals surface area contributed by atoms with Crippen molar-refractivity contribution in [3.8, 4) is 0 Å². The quantitative estimate of drug-likeness (QED) is 0.244. The van der Waals surface area contributed by atoms with Gasteiger partial charge in [0.2, 0.25) is 15.9 Å². The molecular formula is C28H28N4O3S. The van der Waals surface area contributed by atoms with Gasteiger partial charge in [0.15, 0.2) is 0 Å². The molecule has 0 unspecified atom stereocenters. The Morgan fingerprint density at radius 3 is 2.08 bits per heavy atom. The molecule has 0 bridgehead atoms. The summed E-state index contributed by atoms with van der Waals surface area (Å²) in [6, 6.07) is 21.4. The van der Waals surface area contributed by atoms with Crippen molar-refractivity contribution in [2.75, 3.05) is 6.54 Å². The van der Waals surface area contributed by atoms with Crippen molar-refractivity contribution in [1.82, 2.24) is 20.0 Å². The number of benzene rings is 3. The molecule has 0 saturated heterocycles. The Kier molecular flexibility index (Phi) is 6.63. The van der Waals surface area contributed by atoms with E-state index in [9.17, 15) is 13.2 Å². The van der Waals surface area contributed by atoms with Crippen LogP contribution in [0.3, 0.4) is 0 Å². The van der Waals surface area contributed by atoms with E-state index in [1.807, 2.05) is 67.8 Å². The molecule has 8 heteroatoms. The Morgan fingerprint density at radius 1 is 0.833 bits per heavy atom. The van der Waals surface area contributed by atoms with Crippen molar-refractivity contribution >= 4 is 37.7 Å². The number of rotatable bonds is 9. The number of amides is 1. The largest absolute Gasteiger partial charge is 0.361 e. The molecule has 7 nitrogen and oxygen atoms in total. The average Bonchev–Trinajstić information content (AvgIpc) is 3.48. The van der Waals surface area contributed by atoms with E-state index in [2.05, 4.69) is 20.0 Å². The van der Waals surface area contributed by atoms with E-state index >= 15 is 0 Å². The molecule has 2 aromatic heterocycles. The third-order valence-corrected chi connectivity index (χ3v) is 7.90. The van der Waals surface area contributed by atoms with Gasteiger partial charge in [-0.3, -0.25) is 4.79 Å². The van der Waals surface area contributed by atoms with Crippen LogP contribution in [0.2, 0.25) is 0 Å². The minimum Gasteiger partial charge on any atom is -0.361 e. The molecule has 5 aromatic rings. The summed E-state index contributed by atoms with van der Waals surface area (Å²) in [6.45, 7) is 2.28. The monoisotopic (exact) mass is 500 g/mol. The molecular weight excluding hydrogens is 472 g/mol. The standard InChI is InChI=1S/C28H28N4O3S/c1-19-10-12-22(13-11-19)36(34,35)32-27(16-21-18-31-26-9-5-3-7-24(21)26)28(33)29-15-14-20-17-30-25-8-4-2-6-23(20)25/h2-13,17-18,27,30-32H,14-16H2,1H3,(H,29,33)/t27-/m0/s1. The molecule has 5 rings (SSSR count). The number of aryl methyl sites for hydroxylation is 1. The number of nitrogens with one attached hydrogen (secondary N) is 4. The van der Waals surface area contributed by atoms with Crippen molar-refractivity contribution in [3.05, 3.63) is 102 Å². The summed E-state index contributed by atoms with van der Waals surface area (Å²) in [4.78, 5) is 19.9. The van der Waals surface area contributed by atoms with E-state index in [0.29, 0.717) is 13.0 Å². The van der Waals surface area contributed by atoms with Gasteiger partial charge in [-0.15, -0.1) is 0 Å². The summed E-state index contributed by atoms with van der Waals surface area (Å²) >= 11 is 0. The molecule has 3 aromatic carbocycles. The third kappa shape index (κ3) is 5.05. The molecule has 0 fully saturated rings. The molecule has 0 radical (unpaired) electrons. The van der Waals surface area contributed by atoms with Gasteiger partial charge in [-0.2, -0.15) is 4.72 Å². The van der Waals surface area contributed by atoms with Gasteiger partial charge >= 0.3 is 0 Å². The zero-order valence-electron chi connectivity index (χ0n) is 19.9. The highest BCUT2D eigenvalue weighted by molar-refractivity contribution is 7.89. The fourth-order valence-corrected chi connectivity index (χ4v) is 5.66. The van der Waals surface area contributed by atoms with Crippen LogP contribution in [0.1, 0.15) is 16.7 Å². The van der Waals surface area contributed by atoms with Crippen molar-refractivity contribution < 1.29 is 13.2 Å². The minimum absolute atomic E-state index is 0.128. The average molecular weight is 501 g/mol. The Labute approximate surface area is 210 Å². The number of aromatic amines is 2. The topological polar surface area (TPSA) is 107 Å². The molecule has 0 aliphatic heterocycles. The van der Waals surface area contributed by atoms with E-state index in [1.165, 1.54) is 0 Å². The van der Waals surface area contributed by atoms with Crippen LogP contribution in [-0.4, -0.2) is 36.9 Å². The van der Waals surface area contributed by atoms with E-state index in [-0.39, 0.29) is 17.2 Å². The summed E-state index contributed by atoms with van der Waals surface area (Å²) < 4.78 is 29.0. The first kappa shape index (κ1) is 23.8. The Morgan fingerprint density at radius 2 is 1.42 bits per heavy atom. The first-order valence-electron chi connectivity index (χ1n) is 11.9. The number of fused-ring (bicyclic) bond motifs is 2. The van der Waals surface area contributed by atoms with Crippen LogP contribution >= 0.6 is 0 Å². The number of carbonyl (C=O) groups excluding carboxylic acids is 1. The van der Waals surface area contributed by atoms with Gasteiger partial charge in [-0.05, 0) is 55.2 Å². The summed E-state index contributed by atoms with van der Waals surface area (Å²) in [5.41, 5.74) is 4.90. The molecule has 184 valence electrons. The Hall–Kier alpha value is -3.88. The maximum Gasteiger partial charge on any atom is 0.241 e. The Bertz CT molecular complexity index is 1620. The lowest BCUT2D eigenvalue weighted by atomic mass is 10.0. The number of H-pyrrole nitrogens is 2. The second kappa shape index (κ2) is 10.0. The fraction of sp³-hybridized carbons (Fsp3) is 0.179. The lowest BCUT2D eigenvalue weighted by molar-refractivity contribution is -0.122. The van der Waals surface area contributed by atoms with Gasteiger partial charge in [0.25, 0.3) is 0 Å². The summed E-state index contributed by atoms with van der Waals surface area (Å²) in [5, 5.41) is 5.01. The molecule has 4 N–H and O–H groups in total. The van der Waals surface area contributed by atoms with Crippen molar-refractivity contribution in [2.45, 2.75) is 30.7 Å². The maximum absolute atomic E-state index is 13.3. The van der Waals surface area contributed by atoms with Crippen LogP contribution in [0, 0.1) is 6.92 Å². The van der Waals surface area contributed by atoms with Gasteiger partial charge in [0.1, 0.15) is 6.04 Å². The van der Waals surface area contributed by atoms with Gasteiger partial charge in [-0.25, -0.2) is 8.42 Å². The number of hydrogen-bond acceptors (Lipinski definition) is 3. The number of aromatic nitrogens is 2. The Balaban J connectivity index is 1.35. The normalized spacial score (nSPS) is 12.7. The molecule has 1 amide bonds. The minimum atomic E-state index is -3.90. The van der Waals surface area contributed by atoms with E-state index in [1.54, 1.807) is 24.3 Å². The van der Waals surface area contributed by atoms with Crippen LogP contribution in [-0.2, 0) is 27.7 Å². The molecule has 0 saturated carbocycles. The number of carbonyl (C=O) groups is 1. The van der Waals surface area contributed by atoms with Crippen molar-refractivity contribution in [3.63, 3.8) is 0 Å². The first-order valence-corrected chi connectivity index (χ1v) is 13.4. The molecule has 0 aliphatic rings.